The third-order valence-electron chi connectivity index (χ3n) is 6.05. The van der Waals surface area contributed by atoms with Gasteiger partial charge in [-0.15, -0.1) is 0 Å². The summed E-state index contributed by atoms with van der Waals surface area (Å²) in [5.41, 5.74) is 1.09. The average molecular weight is 489 g/mol. The number of benzene rings is 2. The van der Waals surface area contributed by atoms with Crippen molar-refractivity contribution in [3.05, 3.63) is 92.8 Å². The molecule has 2 aromatic heterocycles. The molecule has 2 heterocycles. The first kappa shape index (κ1) is 22.9. The molecule has 35 heavy (non-hydrogen) atoms. The van der Waals surface area contributed by atoms with Crippen molar-refractivity contribution in [2.45, 2.75) is 44.6 Å². The highest BCUT2D eigenvalue weighted by Gasteiger charge is 2.21. The van der Waals surface area contributed by atoms with E-state index in [9.17, 15) is 14.4 Å². The van der Waals surface area contributed by atoms with Gasteiger partial charge >= 0.3 is 5.97 Å². The molecule has 0 saturated heterocycles. The first-order valence-electron chi connectivity index (χ1n) is 11.6. The summed E-state index contributed by atoms with van der Waals surface area (Å²) in [5.74, 6) is -0.577. The summed E-state index contributed by atoms with van der Waals surface area (Å²) in [6, 6.07) is 16.7. The highest BCUT2D eigenvalue weighted by atomic mass is 32.1. The Morgan fingerprint density at radius 3 is 2.57 bits per heavy atom. The number of rotatable bonds is 6. The minimum absolute atomic E-state index is 0.164. The number of nitrogens with zero attached hydrogens (tertiary/aromatic N) is 3. The van der Waals surface area contributed by atoms with Crippen molar-refractivity contribution in [1.82, 2.24) is 14.6 Å². The molecule has 1 N–H and O–H groups in total. The molecular formula is C26H24N4O4S. The monoisotopic (exact) mass is 488 g/mol. The molecule has 0 bridgehead atoms. The average Bonchev–Trinajstić information content (AvgIpc) is 3.34. The number of aromatic nitrogens is 3. The predicted octanol–water partition coefficient (Wildman–Crippen LogP) is 4.81. The molecule has 0 radical (unpaired) electrons. The van der Waals surface area contributed by atoms with Crippen LogP contribution in [0.15, 0.2) is 65.5 Å². The molecule has 1 amide bonds. The Labute approximate surface area is 205 Å². The second-order valence-corrected chi connectivity index (χ2v) is 9.48. The van der Waals surface area contributed by atoms with Crippen LogP contribution in [0.2, 0.25) is 0 Å². The first-order valence-corrected chi connectivity index (χ1v) is 12.4. The summed E-state index contributed by atoms with van der Waals surface area (Å²) in [7, 11) is 0. The Balaban J connectivity index is 1.30. The summed E-state index contributed by atoms with van der Waals surface area (Å²) in [6.45, 7) is -0.164. The van der Waals surface area contributed by atoms with Crippen LogP contribution in [0.1, 0.15) is 69.4 Å². The maximum Gasteiger partial charge on any atom is 0.340 e. The molecular weight excluding hydrogens is 464 g/mol. The minimum atomic E-state index is -0.622. The third kappa shape index (κ3) is 5.14. The molecule has 0 aliphatic heterocycles. The molecule has 1 fully saturated rings. The number of carbonyl (C=O) groups is 2. The Kier molecular flexibility index (Phi) is 6.67. The highest BCUT2D eigenvalue weighted by molar-refractivity contribution is 7.16. The number of esters is 1. The van der Waals surface area contributed by atoms with E-state index >= 15 is 0 Å². The van der Waals surface area contributed by atoms with Crippen LogP contribution in [0.5, 0.6) is 0 Å². The van der Waals surface area contributed by atoms with Crippen LogP contribution in [-0.4, -0.2) is 26.5 Å². The van der Waals surface area contributed by atoms with E-state index in [1.54, 1.807) is 48.5 Å². The zero-order valence-corrected chi connectivity index (χ0v) is 19.8. The fraction of sp³-hybridized carbons (Fsp3) is 0.269. The number of fused-ring (bicyclic) bond motifs is 1. The lowest BCUT2D eigenvalue weighted by Gasteiger charge is -2.18. The highest BCUT2D eigenvalue weighted by Crippen LogP contribution is 2.34. The standard InChI is InChI=1S/C26H24N4O4S/c31-22-15-19(27-26-30(22)29-24(35-26)18-11-5-2-6-12-18)16-34-25(33)20-13-7-8-14-21(20)28-23(32)17-9-3-1-4-10-17/h1,3-4,7-10,13-15,18H,2,5-6,11-12,16H2,(H,28,32). The Hall–Kier alpha value is -3.85. The molecule has 9 heteroatoms. The van der Waals surface area contributed by atoms with Crippen molar-refractivity contribution in [3.63, 3.8) is 0 Å². The number of nitrogens with one attached hydrogen (secondary N) is 1. The van der Waals surface area contributed by atoms with Gasteiger partial charge in [0.05, 0.1) is 16.9 Å². The van der Waals surface area contributed by atoms with Crippen LogP contribution in [0.25, 0.3) is 4.96 Å². The van der Waals surface area contributed by atoms with Gasteiger partial charge in [0.1, 0.15) is 11.6 Å². The van der Waals surface area contributed by atoms with Gasteiger partial charge in [-0.25, -0.2) is 9.78 Å². The SMILES string of the molecule is O=C(Nc1ccccc1C(=O)OCc1cc(=O)n2nc(C3CCCCC3)sc2n1)c1ccccc1. The van der Waals surface area contributed by atoms with Crippen LogP contribution in [-0.2, 0) is 11.3 Å². The Morgan fingerprint density at radius 1 is 1.03 bits per heavy atom. The van der Waals surface area contributed by atoms with Crippen molar-refractivity contribution in [3.8, 4) is 0 Å². The van der Waals surface area contributed by atoms with Gasteiger partial charge in [0.15, 0.2) is 0 Å². The third-order valence-corrected chi connectivity index (χ3v) is 7.12. The quantitative estimate of drug-likeness (QED) is 0.391. The van der Waals surface area contributed by atoms with E-state index in [4.69, 9.17) is 4.74 Å². The molecule has 4 aromatic rings. The van der Waals surface area contributed by atoms with Gasteiger partial charge in [0, 0.05) is 17.5 Å². The molecule has 1 aliphatic rings. The van der Waals surface area contributed by atoms with Crippen molar-refractivity contribution < 1.29 is 14.3 Å². The fourth-order valence-electron chi connectivity index (χ4n) is 4.23. The summed E-state index contributed by atoms with van der Waals surface area (Å²) in [5, 5.41) is 8.19. The molecule has 178 valence electrons. The van der Waals surface area contributed by atoms with Gasteiger partial charge in [-0.1, -0.05) is 60.9 Å². The van der Waals surface area contributed by atoms with Crippen LogP contribution in [0, 0.1) is 0 Å². The number of hydrogen-bond acceptors (Lipinski definition) is 7. The van der Waals surface area contributed by atoms with Gasteiger partial charge in [-0.3, -0.25) is 9.59 Å². The molecule has 1 saturated carbocycles. The van der Waals surface area contributed by atoms with Gasteiger partial charge < -0.3 is 10.1 Å². The van der Waals surface area contributed by atoms with Crippen LogP contribution in [0.4, 0.5) is 5.69 Å². The zero-order chi connectivity index (χ0) is 24.2. The first-order chi connectivity index (χ1) is 17.1. The number of ether oxygens (including phenoxy) is 1. The van der Waals surface area contributed by atoms with Crippen molar-refractivity contribution in [2.24, 2.45) is 0 Å². The van der Waals surface area contributed by atoms with Gasteiger partial charge in [-0.2, -0.15) is 9.61 Å². The van der Waals surface area contributed by atoms with E-state index in [1.165, 1.54) is 41.2 Å². The lowest BCUT2D eigenvalue weighted by molar-refractivity contribution is 0.0469. The lowest BCUT2D eigenvalue weighted by Crippen LogP contribution is -2.18. The molecule has 5 rings (SSSR count). The Morgan fingerprint density at radius 2 is 1.77 bits per heavy atom. The van der Waals surface area contributed by atoms with Crippen LogP contribution < -0.4 is 10.9 Å². The van der Waals surface area contributed by atoms with Crippen molar-refractivity contribution in [1.29, 1.82) is 0 Å². The molecule has 1 aliphatic carbocycles. The number of hydrogen-bond donors (Lipinski definition) is 1. The summed E-state index contributed by atoms with van der Waals surface area (Å²) >= 11 is 1.42. The smallest absolute Gasteiger partial charge is 0.340 e. The van der Waals surface area contributed by atoms with Gasteiger partial charge in [0.25, 0.3) is 11.5 Å². The maximum atomic E-state index is 12.8. The van der Waals surface area contributed by atoms with E-state index < -0.39 is 5.97 Å². The van der Waals surface area contributed by atoms with E-state index in [1.807, 2.05) is 6.07 Å². The van der Waals surface area contributed by atoms with Gasteiger partial charge in [-0.05, 0) is 37.1 Å². The summed E-state index contributed by atoms with van der Waals surface area (Å²) < 4.78 is 6.78. The number of anilines is 1. The van der Waals surface area contributed by atoms with E-state index in [-0.39, 0.29) is 23.6 Å². The molecule has 8 nitrogen and oxygen atoms in total. The lowest BCUT2D eigenvalue weighted by atomic mass is 9.90. The van der Waals surface area contributed by atoms with Gasteiger partial charge in [0.2, 0.25) is 4.96 Å². The number of para-hydroxylation sites is 1. The number of amides is 1. The molecule has 2 aromatic carbocycles. The van der Waals surface area contributed by atoms with E-state index in [0.717, 1.165) is 17.8 Å². The maximum absolute atomic E-state index is 12.8. The van der Waals surface area contributed by atoms with Crippen molar-refractivity contribution >= 4 is 33.9 Å². The second kappa shape index (κ2) is 10.2. The molecule has 0 spiro atoms. The minimum Gasteiger partial charge on any atom is -0.456 e. The fourth-order valence-corrected chi connectivity index (χ4v) is 5.32. The van der Waals surface area contributed by atoms with Crippen LogP contribution in [0.3, 0.4) is 0 Å². The normalized spacial score (nSPS) is 14.1. The zero-order valence-electron chi connectivity index (χ0n) is 19.0. The van der Waals surface area contributed by atoms with Crippen LogP contribution >= 0.6 is 11.3 Å². The largest absolute Gasteiger partial charge is 0.456 e. The summed E-state index contributed by atoms with van der Waals surface area (Å²) in [4.78, 5) is 43.0. The predicted molar refractivity (Wildman–Crippen MR) is 133 cm³/mol. The number of carbonyl (C=O) groups excluding carboxylic acids is 2. The van der Waals surface area contributed by atoms with E-state index in [2.05, 4.69) is 15.4 Å². The summed E-state index contributed by atoms with van der Waals surface area (Å²) in [6.07, 6.45) is 5.77. The van der Waals surface area contributed by atoms with E-state index in [0.29, 0.717) is 27.8 Å². The molecule has 0 unspecified atom stereocenters. The van der Waals surface area contributed by atoms with Crippen molar-refractivity contribution in [2.75, 3.05) is 5.32 Å². The topological polar surface area (TPSA) is 103 Å². The molecule has 0 atom stereocenters. The Bertz CT molecular complexity index is 1420. The second-order valence-electron chi connectivity index (χ2n) is 8.50.